The number of hydrogen-bond donors (Lipinski definition) is 2. The third-order valence-corrected chi connectivity index (χ3v) is 6.63. The van der Waals surface area contributed by atoms with Crippen molar-refractivity contribution in [3.8, 4) is 11.3 Å². The fraction of sp³-hybridized carbons (Fsp3) is 0.348. The summed E-state index contributed by atoms with van der Waals surface area (Å²) >= 11 is 6.08. The maximum atomic E-state index is 13.7. The van der Waals surface area contributed by atoms with Crippen molar-refractivity contribution in [3.63, 3.8) is 0 Å². The van der Waals surface area contributed by atoms with Crippen molar-refractivity contribution in [3.05, 3.63) is 59.1 Å². The van der Waals surface area contributed by atoms with Gasteiger partial charge in [0.25, 0.3) is 5.91 Å². The van der Waals surface area contributed by atoms with Gasteiger partial charge in [0.1, 0.15) is 22.7 Å². The molecule has 3 heterocycles. The van der Waals surface area contributed by atoms with Gasteiger partial charge in [-0.3, -0.25) is 19.8 Å². The number of ether oxygens (including phenoxy) is 1. The smallest absolute Gasteiger partial charge is 0.413 e. The van der Waals surface area contributed by atoms with E-state index in [1.807, 2.05) is 0 Å². The highest BCUT2D eigenvalue weighted by atomic mass is 35.5. The summed E-state index contributed by atoms with van der Waals surface area (Å²) in [6.45, 7) is 1.69. The molecule has 3 aliphatic carbocycles. The molecule has 2 N–H and O–H groups in total. The van der Waals surface area contributed by atoms with Crippen LogP contribution in [0.5, 0.6) is 0 Å². The molecule has 3 saturated carbocycles. The zero-order valence-corrected chi connectivity index (χ0v) is 19.3. The van der Waals surface area contributed by atoms with E-state index in [2.05, 4.69) is 25.7 Å². The Morgan fingerprint density at radius 2 is 1.97 bits per heavy atom. The second-order valence-corrected chi connectivity index (χ2v) is 9.29. The number of hydrogen-bond acceptors (Lipinski definition) is 6. The minimum absolute atomic E-state index is 0.260. The molecule has 11 heteroatoms. The molecule has 3 aliphatic rings. The summed E-state index contributed by atoms with van der Waals surface area (Å²) in [5.74, 6) is 0.0956. The molecule has 9 nitrogen and oxygen atoms in total. The predicted molar refractivity (Wildman–Crippen MR) is 122 cm³/mol. The standard InChI is InChI=1S/C23H22ClFN6O3/c1-13(15-4-3-7-26-18(15)24)34-21(33)29-19-16(9-28-31(19)2)17-6-5-14(8-27-17)20(32)30-23-10-22(25,11-23)12-23/h3-9,13H,10-12H2,1-2H3,(H,29,33)(H,30,32)/t13-,22?,23?/m1/s1. The molecule has 3 fully saturated rings. The van der Waals surface area contributed by atoms with Crippen LogP contribution in [0.15, 0.2) is 42.9 Å². The first kappa shape index (κ1) is 22.3. The van der Waals surface area contributed by atoms with E-state index in [1.165, 1.54) is 10.9 Å². The lowest BCUT2D eigenvalue weighted by atomic mass is 9.47. The van der Waals surface area contributed by atoms with Crippen molar-refractivity contribution in [2.45, 2.75) is 43.5 Å². The van der Waals surface area contributed by atoms with E-state index < -0.39 is 23.4 Å². The van der Waals surface area contributed by atoms with Gasteiger partial charge < -0.3 is 10.1 Å². The van der Waals surface area contributed by atoms with Crippen LogP contribution in [0.4, 0.5) is 15.0 Å². The van der Waals surface area contributed by atoms with Crippen LogP contribution in [0.2, 0.25) is 5.15 Å². The fourth-order valence-corrected chi connectivity index (χ4v) is 4.90. The van der Waals surface area contributed by atoms with Gasteiger partial charge in [-0.15, -0.1) is 0 Å². The van der Waals surface area contributed by atoms with E-state index in [4.69, 9.17) is 16.3 Å². The Morgan fingerprint density at radius 1 is 1.21 bits per heavy atom. The number of carbonyl (C=O) groups excluding carboxylic acids is 2. The normalized spacial score (nSPS) is 23.3. The highest BCUT2D eigenvalue weighted by Gasteiger charge is 2.69. The lowest BCUT2D eigenvalue weighted by Crippen LogP contribution is -2.76. The Morgan fingerprint density at radius 3 is 2.62 bits per heavy atom. The molecule has 0 aliphatic heterocycles. The van der Waals surface area contributed by atoms with Gasteiger partial charge in [-0.1, -0.05) is 17.7 Å². The first-order chi connectivity index (χ1) is 16.2. The Kier molecular flexibility index (Phi) is 5.27. The van der Waals surface area contributed by atoms with Crippen molar-refractivity contribution in [2.24, 2.45) is 7.05 Å². The van der Waals surface area contributed by atoms with Gasteiger partial charge in [0.2, 0.25) is 0 Å². The molecular weight excluding hydrogens is 463 g/mol. The largest absolute Gasteiger partial charge is 0.441 e. The molecule has 3 aromatic heterocycles. The molecule has 0 spiro atoms. The molecule has 176 valence electrons. The van der Waals surface area contributed by atoms with Crippen LogP contribution in [0, 0.1) is 0 Å². The molecular formula is C23H22ClFN6O3. The maximum absolute atomic E-state index is 13.7. The Bertz CT molecular complexity index is 1260. The number of alkyl halides is 1. The highest BCUT2D eigenvalue weighted by molar-refractivity contribution is 6.30. The van der Waals surface area contributed by atoms with Crippen LogP contribution in [0.3, 0.4) is 0 Å². The third-order valence-electron chi connectivity index (χ3n) is 6.31. The van der Waals surface area contributed by atoms with Gasteiger partial charge in [0, 0.05) is 49.8 Å². The van der Waals surface area contributed by atoms with E-state index in [0.29, 0.717) is 47.5 Å². The van der Waals surface area contributed by atoms with Crippen LogP contribution >= 0.6 is 11.6 Å². The molecule has 2 amide bonds. The second kappa shape index (κ2) is 8.05. The average molecular weight is 485 g/mol. The highest BCUT2D eigenvalue weighted by Crippen LogP contribution is 2.62. The van der Waals surface area contributed by atoms with E-state index in [-0.39, 0.29) is 11.1 Å². The number of pyridine rings is 2. The molecule has 2 bridgehead atoms. The lowest BCUT2D eigenvalue weighted by Gasteiger charge is -2.65. The van der Waals surface area contributed by atoms with Crippen molar-refractivity contribution in [1.29, 1.82) is 0 Å². The Hall–Kier alpha value is -3.53. The molecule has 34 heavy (non-hydrogen) atoms. The van der Waals surface area contributed by atoms with Gasteiger partial charge >= 0.3 is 6.09 Å². The van der Waals surface area contributed by atoms with Crippen LogP contribution < -0.4 is 10.6 Å². The van der Waals surface area contributed by atoms with Crippen LogP contribution in [0.25, 0.3) is 11.3 Å². The van der Waals surface area contributed by atoms with Gasteiger partial charge in [-0.05, 0) is 25.1 Å². The van der Waals surface area contributed by atoms with Crippen molar-refractivity contribution >= 4 is 29.4 Å². The van der Waals surface area contributed by atoms with Crippen molar-refractivity contribution in [1.82, 2.24) is 25.1 Å². The maximum Gasteiger partial charge on any atom is 0.413 e. The monoisotopic (exact) mass is 484 g/mol. The molecule has 1 atom stereocenters. The number of halogens is 2. The number of rotatable bonds is 6. The van der Waals surface area contributed by atoms with Crippen LogP contribution in [-0.4, -0.2) is 43.0 Å². The summed E-state index contributed by atoms with van der Waals surface area (Å²) in [6, 6.07) is 6.74. The SMILES string of the molecule is C[C@@H](OC(=O)Nc1c(-c2ccc(C(=O)NC34CC(F)(C3)C4)cn2)cnn1C)c1cccnc1Cl. The number of aromatic nitrogens is 4. The predicted octanol–water partition coefficient (Wildman–Crippen LogP) is 4.21. The van der Waals surface area contributed by atoms with Gasteiger partial charge in [0.15, 0.2) is 0 Å². The third kappa shape index (κ3) is 3.98. The van der Waals surface area contributed by atoms with Crippen LogP contribution in [-0.2, 0) is 11.8 Å². The number of carbonyl (C=O) groups is 2. The second-order valence-electron chi connectivity index (χ2n) is 8.93. The minimum Gasteiger partial charge on any atom is -0.441 e. The number of anilines is 1. The number of aryl methyl sites for hydroxylation is 1. The number of nitrogens with zero attached hydrogens (tertiary/aromatic N) is 4. The van der Waals surface area contributed by atoms with Gasteiger partial charge in [-0.25, -0.2) is 14.2 Å². The zero-order chi connectivity index (χ0) is 24.1. The summed E-state index contributed by atoms with van der Waals surface area (Å²) < 4.78 is 20.6. The van der Waals surface area contributed by atoms with Gasteiger partial charge in [-0.2, -0.15) is 5.10 Å². The summed E-state index contributed by atoms with van der Waals surface area (Å²) in [7, 11) is 1.67. The van der Waals surface area contributed by atoms with Crippen LogP contribution in [0.1, 0.15) is 48.2 Å². The fourth-order valence-electron chi connectivity index (χ4n) is 4.62. The quantitative estimate of drug-likeness (QED) is 0.507. The number of amides is 2. The lowest BCUT2D eigenvalue weighted by molar-refractivity contribution is -0.162. The first-order valence-electron chi connectivity index (χ1n) is 10.7. The molecule has 0 unspecified atom stereocenters. The van der Waals surface area contributed by atoms with Crippen molar-refractivity contribution < 1.29 is 18.7 Å². The summed E-state index contributed by atoms with van der Waals surface area (Å²) in [6.07, 6.45) is 4.37. The van der Waals surface area contributed by atoms with Gasteiger partial charge in [0.05, 0.1) is 23.0 Å². The first-order valence-corrected chi connectivity index (χ1v) is 11.1. The molecule has 0 radical (unpaired) electrons. The topological polar surface area (TPSA) is 111 Å². The van der Waals surface area contributed by atoms with E-state index in [0.717, 1.165) is 0 Å². The van der Waals surface area contributed by atoms with E-state index >= 15 is 0 Å². The average Bonchev–Trinajstić information content (AvgIpc) is 3.12. The molecule has 0 aromatic carbocycles. The summed E-state index contributed by atoms with van der Waals surface area (Å²) in [4.78, 5) is 33.4. The summed E-state index contributed by atoms with van der Waals surface area (Å²) in [5, 5.41) is 10.1. The molecule has 3 aromatic rings. The minimum atomic E-state index is -1.08. The molecule has 6 rings (SSSR count). The Labute approximate surface area is 199 Å². The van der Waals surface area contributed by atoms with Crippen molar-refractivity contribution in [2.75, 3.05) is 5.32 Å². The zero-order valence-electron chi connectivity index (χ0n) is 18.5. The van der Waals surface area contributed by atoms with E-state index in [1.54, 1.807) is 50.6 Å². The van der Waals surface area contributed by atoms with E-state index in [9.17, 15) is 14.0 Å². The molecule has 0 saturated heterocycles. The summed E-state index contributed by atoms with van der Waals surface area (Å²) in [5.41, 5.74) is 0.542. The Balaban J connectivity index is 1.26. The number of nitrogens with one attached hydrogen (secondary N) is 2.